The van der Waals surface area contributed by atoms with Crippen LogP contribution in [0.1, 0.15) is 0 Å². The topological polar surface area (TPSA) is 58.2 Å². The van der Waals surface area contributed by atoms with Gasteiger partial charge in [0.15, 0.2) is 0 Å². The second-order valence-electron chi connectivity index (χ2n) is 1.83. The maximum atomic E-state index is 10.00. The number of para-hydroxylation sites is 1. The Morgan fingerprint density at radius 1 is 1.08 bits per heavy atom. The van der Waals surface area contributed by atoms with Gasteiger partial charge in [0, 0.05) is 16.6 Å². The molecule has 4 nitrogen and oxygen atoms in total. The second kappa shape index (κ2) is 6.02. The summed E-state index contributed by atoms with van der Waals surface area (Å²) < 4.78 is 20.0. The molecule has 6 heteroatoms. The third-order valence-corrected chi connectivity index (χ3v) is 1.32. The van der Waals surface area contributed by atoms with Gasteiger partial charge in [-0.2, -0.15) is 0 Å². The molecule has 0 saturated carbocycles. The Balaban J connectivity index is 0.00000121. The minimum atomic E-state index is -2.28. The van der Waals surface area contributed by atoms with Gasteiger partial charge in [0.2, 0.25) is 0 Å². The van der Waals surface area contributed by atoms with Gasteiger partial charge in [0.25, 0.3) is 0 Å². The number of nitrogens with one attached hydrogen (secondary N) is 2. The molecule has 70 valence electrons. The zero-order valence-corrected chi connectivity index (χ0v) is 7.67. The summed E-state index contributed by atoms with van der Waals surface area (Å²) in [5.74, 6) is 0. The molecule has 1 rings (SSSR count). The van der Waals surface area contributed by atoms with Crippen molar-refractivity contribution in [1.29, 1.82) is 0 Å². The van der Waals surface area contributed by atoms with E-state index < -0.39 is 10.9 Å². The monoisotopic (exact) mass is 234 g/mol. The first kappa shape index (κ1) is 11.4. The van der Waals surface area contributed by atoms with Crippen LogP contribution in [-0.2, 0) is 36.4 Å². The Kier molecular flexibility index (Phi) is 5.74. The van der Waals surface area contributed by atoms with Gasteiger partial charge in [-0.15, -0.1) is 0 Å². The quantitative estimate of drug-likeness (QED) is 0.463. The Bertz CT molecular complexity index is 281. The van der Waals surface area contributed by atoms with Gasteiger partial charge in [-0.25, -0.2) is 0 Å². The molecule has 0 aliphatic rings. The van der Waals surface area contributed by atoms with E-state index in [1.807, 2.05) is 10.9 Å². The van der Waals surface area contributed by atoms with Crippen LogP contribution in [0, 0.1) is 0 Å². The van der Waals surface area contributed by atoms with Crippen LogP contribution in [0.4, 0.5) is 5.69 Å². The molecule has 0 aliphatic heterocycles. The summed E-state index contributed by atoms with van der Waals surface area (Å²) in [6.45, 7) is 0. The van der Waals surface area contributed by atoms with Crippen LogP contribution in [-0.4, -0.2) is 0 Å². The largest absolute Gasteiger partial charge is 1.00 e. The van der Waals surface area contributed by atoms with Crippen molar-refractivity contribution < 1.29 is 25.5 Å². The Morgan fingerprint density at radius 2 is 1.67 bits per heavy atom. The molecule has 0 aromatic heterocycles. The minimum Gasteiger partial charge on any atom is -0.408 e. The molecule has 1 aromatic rings. The van der Waals surface area contributed by atoms with Gasteiger partial charge in [0.05, 0.1) is 0 Å². The van der Waals surface area contributed by atoms with Crippen LogP contribution in [0.2, 0.25) is 0 Å². The Morgan fingerprint density at radius 3 is 2.17 bits per heavy atom. The fourth-order valence-electron chi connectivity index (χ4n) is 0.622. The van der Waals surface area contributed by atoms with Crippen molar-refractivity contribution in [3.8, 4) is 0 Å². The van der Waals surface area contributed by atoms with Crippen molar-refractivity contribution in [2.45, 2.75) is 0 Å². The van der Waals surface area contributed by atoms with E-state index in [9.17, 15) is 8.42 Å². The number of hydrogen-bond acceptors (Lipinski definition) is 4. The van der Waals surface area contributed by atoms with E-state index in [1.165, 1.54) is 0 Å². The first-order valence-electron chi connectivity index (χ1n) is 2.95. The molecule has 0 heterocycles. The van der Waals surface area contributed by atoms with E-state index in [4.69, 9.17) is 0 Å². The van der Waals surface area contributed by atoms with Crippen molar-refractivity contribution in [1.82, 2.24) is 4.83 Å². The first-order chi connectivity index (χ1) is 5.29. The van der Waals surface area contributed by atoms with Crippen molar-refractivity contribution in [3.63, 3.8) is 0 Å². The normalized spacial score (nSPS) is 9.08. The molecule has 0 aliphatic carbocycles. The van der Waals surface area contributed by atoms with Crippen LogP contribution in [0.25, 0.3) is 0 Å². The molecular weight excluding hydrogens is 228 g/mol. The smallest absolute Gasteiger partial charge is 0.408 e. The van der Waals surface area contributed by atoms with Crippen molar-refractivity contribution in [2.75, 3.05) is 5.43 Å². The summed E-state index contributed by atoms with van der Waals surface area (Å²) in [5, 5.41) is 0. The predicted octanol–water partition coefficient (Wildman–Crippen LogP) is 0.825. The van der Waals surface area contributed by atoms with Gasteiger partial charge in [-0.05, 0) is 12.1 Å². The van der Waals surface area contributed by atoms with Crippen molar-refractivity contribution in [3.05, 3.63) is 30.3 Å². The third-order valence-electron chi connectivity index (χ3n) is 1.05. The van der Waals surface area contributed by atoms with Crippen molar-refractivity contribution in [2.24, 2.45) is 0 Å². The summed E-state index contributed by atoms with van der Waals surface area (Å²) in [5.41, 5.74) is 3.19. The van der Waals surface area contributed by atoms with E-state index in [-0.39, 0.29) is 17.1 Å². The Labute approximate surface area is 82.9 Å². The van der Waals surface area contributed by atoms with Crippen LogP contribution in [0.3, 0.4) is 0 Å². The fourth-order valence-corrected chi connectivity index (χ4v) is 0.823. The Hall–Kier alpha value is -0.551. The summed E-state index contributed by atoms with van der Waals surface area (Å²) in [4.78, 5) is 2.03. The fraction of sp³-hybridized carbons (Fsp3) is 0. The number of benzene rings is 1. The molecule has 0 amide bonds. The molecule has 0 spiro atoms. The van der Waals surface area contributed by atoms with Gasteiger partial charge in [-0.3, -0.25) is 4.83 Å². The standard InChI is InChI=1S/C6H7N2O2S.Cu/c9-11(10)8-7-6-4-2-1-3-5-6;/h1-5,7H,(H,8,9,10);/q-1;+1. The third kappa shape index (κ3) is 4.35. The van der Waals surface area contributed by atoms with Crippen LogP contribution in [0.5, 0.6) is 0 Å². The average Bonchev–Trinajstić information content (AvgIpc) is 2.03. The zero-order valence-electron chi connectivity index (χ0n) is 5.91. The molecule has 0 unspecified atom stereocenters. The van der Waals surface area contributed by atoms with Gasteiger partial charge >= 0.3 is 17.1 Å². The van der Waals surface area contributed by atoms with E-state index in [0.717, 1.165) is 0 Å². The van der Waals surface area contributed by atoms with Crippen LogP contribution >= 0.6 is 0 Å². The van der Waals surface area contributed by atoms with E-state index in [0.29, 0.717) is 5.69 Å². The molecule has 0 radical (unpaired) electrons. The maximum absolute atomic E-state index is 10.00. The molecule has 0 fully saturated rings. The molecule has 0 bridgehead atoms. The molecule has 0 saturated heterocycles. The number of hydrazine groups is 1. The maximum Gasteiger partial charge on any atom is 1.00 e. The number of hydrogen-bond donors (Lipinski definition) is 2. The summed E-state index contributed by atoms with van der Waals surface area (Å²) in [6.07, 6.45) is 0. The number of rotatable bonds is 3. The second-order valence-corrected chi connectivity index (χ2v) is 2.50. The van der Waals surface area contributed by atoms with Gasteiger partial charge in [0.1, 0.15) is 0 Å². The molecule has 12 heavy (non-hydrogen) atoms. The molecular formula is C6H7CuN2O2S. The van der Waals surface area contributed by atoms with Crippen LogP contribution < -0.4 is 10.3 Å². The van der Waals surface area contributed by atoms with E-state index in [1.54, 1.807) is 24.3 Å². The van der Waals surface area contributed by atoms with Gasteiger partial charge < -0.3 is 13.8 Å². The molecule has 2 N–H and O–H groups in total. The summed E-state index contributed by atoms with van der Waals surface area (Å²) in [6, 6.07) is 8.95. The zero-order chi connectivity index (χ0) is 8.10. The first-order valence-corrected chi connectivity index (χ1v) is 4.02. The minimum absolute atomic E-state index is 0. The summed E-state index contributed by atoms with van der Waals surface area (Å²) in [7, 11) is -2.28. The average molecular weight is 235 g/mol. The number of anilines is 1. The van der Waals surface area contributed by atoms with Crippen molar-refractivity contribution >= 4 is 16.6 Å². The molecule has 1 aromatic carbocycles. The van der Waals surface area contributed by atoms with Crippen LogP contribution in [0.15, 0.2) is 30.3 Å². The van der Waals surface area contributed by atoms with Gasteiger partial charge in [-0.1, -0.05) is 18.2 Å². The SMILES string of the molecule is O=[S-](=O)NNc1ccccc1.[Cu+]. The summed E-state index contributed by atoms with van der Waals surface area (Å²) >= 11 is 0. The predicted molar refractivity (Wildman–Crippen MR) is 41.9 cm³/mol. The van der Waals surface area contributed by atoms with E-state index in [2.05, 4.69) is 5.43 Å². The van der Waals surface area contributed by atoms with E-state index >= 15 is 0 Å². The molecule has 0 atom stereocenters.